The van der Waals surface area contributed by atoms with Gasteiger partial charge < -0.3 is 4.90 Å². The van der Waals surface area contributed by atoms with Crippen LogP contribution in [-0.2, 0) is 0 Å². The highest BCUT2D eigenvalue weighted by atomic mass is 32.1. The van der Waals surface area contributed by atoms with Gasteiger partial charge in [0.15, 0.2) is 5.69 Å². The van der Waals surface area contributed by atoms with Crippen molar-refractivity contribution in [3.05, 3.63) is 108 Å². The standard InChI is InChI=1S/C33H28N8S/c1-23-10-11-26(22-31(23)34-2)37-35-24-12-14-25(15-13-24)36-38-29-16-17-30(28-9-5-4-8-27(28)29)39-40-32-18-19-33(42-32)41-20-6-3-7-21-41/h4-5,8-19,22H,3,6-7,20-21H2,1H3. The molecule has 1 saturated heterocycles. The van der Waals surface area contributed by atoms with E-state index in [0.717, 1.165) is 45.8 Å². The molecule has 1 aliphatic heterocycles. The van der Waals surface area contributed by atoms with E-state index in [0.29, 0.717) is 22.7 Å². The molecular formula is C33H28N8S. The van der Waals surface area contributed by atoms with Crippen LogP contribution in [0.2, 0.25) is 0 Å². The number of nitrogens with zero attached hydrogens (tertiary/aromatic N) is 8. The summed E-state index contributed by atoms with van der Waals surface area (Å²) in [6.45, 7) is 11.4. The number of anilines is 1. The Kier molecular flexibility index (Phi) is 8.15. The first kappa shape index (κ1) is 27.1. The van der Waals surface area contributed by atoms with Gasteiger partial charge in [0.2, 0.25) is 0 Å². The zero-order valence-corrected chi connectivity index (χ0v) is 24.0. The third kappa shape index (κ3) is 6.29. The Bertz CT molecular complexity index is 1840. The average molecular weight is 569 g/mol. The van der Waals surface area contributed by atoms with Crippen molar-refractivity contribution in [2.45, 2.75) is 26.2 Å². The minimum Gasteiger partial charge on any atom is -0.363 e. The van der Waals surface area contributed by atoms with Gasteiger partial charge in [-0.2, -0.15) is 15.3 Å². The quantitative estimate of drug-likeness (QED) is 0.142. The molecule has 5 aromatic rings. The van der Waals surface area contributed by atoms with Gasteiger partial charge in [0, 0.05) is 23.9 Å². The molecule has 8 nitrogen and oxygen atoms in total. The predicted molar refractivity (Wildman–Crippen MR) is 171 cm³/mol. The summed E-state index contributed by atoms with van der Waals surface area (Å²) >= 11 is 1.69. The van der Waals surface area contributed by atoms with E-state index in [2.05, 4.69) is 46.5 Å². The van der Waals surface area contributed by atoms with Crippen molar-refractivity contribution < 1.29 is 0 Å². The van der Waals surface area contributed by atoms with Crippen LogP contribution in [0.15, 0.2) is 122 Å². The van der Waals surface area contributed by atoms with Crippen LogP contribution in [0, 0.1) is 13.5 Å². The predicted octanol–water partition coefficient (Wildman–Crippen LogP) is 12.0. The Morgan fingerprint density at radius 3 is 1.90 bits per heavy atom. The molecule has 0 N–H and O–H groups in total. The first-order chi connectivity index (χ1) is 20.7. The van der Waals surface area contributed by atoms with Gasteiger partial charge >= 0.3 is 0 Å². The van der Waals surface area contributed by atoms with Gasteiger partial charge in [0.1, 0.15) is 5.00 Å². The molecule has 0 amide bonds. The van der Waals surface area contributed by atoms with E-state index in [-0.39, 0.29) is 0 Å². The fourth-order valence-electron chi connectivity index (χ4n) is 4.79. The topological polar surface area (TPSA) is 81.8 Å². The van der Waals surface area contributed by atoms with Crippen LogP contribution in [0.4, 0.5) is 44.1 Å². The molecule has 1 aromatic heterocycles. The third-order valence-electron chi connectivity index (χ3n) is 7.10. The first-order valence-corrected chi connectivity index (χ1v) is 14.7. The van der Waals surface area contributed by atoms with Gasteiger partial charge in [0.25, 0.3) is 0 Å². The van der Waals surface area contributed by atoms with Crippen molar-refractivity contribution in [1.82, 2.24) is 0 Å². The second kappa shape index (κ2) is 12.6. The summed E-state index contributed by atoms with van der Waals surface area (Å²) in [5.41, 5.74) is 5.09. The molecule has 6 rings (SSSR count). The third-order valence-corrected chi connectivity index (χ3v) is 8.13. The normalized spacial score (nSPS) is 14.0. The molecule has 1 aliphatic rings. The Hall–Kier alpha value is -5.07. The van der Waals surface area contributed by atoms with Gasteiger partial charge in [0.05, 0.1) is 40.0 Å². The molecule has 0 spiro atoms. The highest BCUT2D eigenvalue weighted by Gasteiger charge is 2.13. The number of fused-ring (bicyclic) bond motifs is 1. The molecule has 42 heavy (non-hydrogen) atoms. The van der Waals surface area contributed by atoms with E-state index >= 15 is 0 Å². The van der Waals surface area contributed by atoms with Gasteiger partial charge in [-0.3, -0.25) is 0 Å². The summed E-state index contributed by atoms with van der Waals surface area (Å²) in [6, 6.07) is 28.9. The zero-order chi connectivity index (χ0) is 28.7. The summed E-state index contributed by atoms with van der Waals surface area (Å²) in [7, 11) is 0. The lowest BCUT2D eigenvalue weighted by molar-refractivity contribution is 0.580. The second-order valence-corrected chi connectivity index (χ2v) is 11.0. The van der Waals surface area contributed by atoms with Crippen LogP contribution < -0.4 is 4.90 Å². The number of piperidine rings is 1. The molecule has 206 valence electrons. The van der Waals surface area contributed by atoms with Crippen LogP contribution in [-0.4, -0.2) is 13.1 Å². The van der Waals surface area contributed by atoms with Crippen molar-refractivity contribution in [2.75, 3.05) is 18.0 Å². The maximum Gasteiger partial charge on any atom is 0.192 e. The zero-order valence-electron chi connectivity index (χ0n) is 23.2. The Morgan fingerprint density at radius 2 is 1.24 bits per heavy atom. The van der Waals surface area contributed by atoms with Crippen molar-refractivity contribution in [2.24, 2.45) is 30.7 Å². The van der Waals surface area contributed by atoms with Crippen molar-refractivity contribution in [3.8, 4) is 0 Å². The van der Waals surface area contributed by atoms with E-state index < -0.39 is 0 Å². The van der Waals surface area contributed by atoms with E-state index in [1.807, 2.05) is 85.8 Å². The summed E-state index contributed by atoms with van der Waals surface area (Å²) in [5, 5.41) is 30.8. The average Bonchev–Trinajstić information content (AvgIpc) is 3.53. The highest BCUT2D eigenvalue weighted by molar-refractivity contribution is 7.19. The molecule has 0 unspecified atom stereocenters. The minimum absolute atomic E-state index is 0.579. The number of thiophene rings is 1. The molecule has 0 atom stereocenters. The molecule has 0 radical (unpaired) electrons. The van der Waals surface area contributed by atoms with Gasteiger partial charge in [-0.1, -0.05) is 41.7 Å². The fraction of sp³-hybridized carbons (Fsp3) is 0.182. The van der Waals surface area contributed by atoms with Gasteiger partial charge in [-0.15, -0.1) is 15.3 Å². The van der Waals surface area contributed by atoms with Crippen LogP contribution in [0.5, 0.6) is 0 Å². The van der Waals surface area contributed by atoms with Crippen LogP contribution in [0.3, 0.4) is 0 Å². The van der Waals surface area contributed by atoms with E-state index in [9.17, 15) is 0 Å². The minimum atomic E-state index is 0.579. The van der Waals surface area contributed by atoms with Crippen LogP contribution in [0.1, 0.15) is 24.8 Å². The fourth-order valence-corrected chi connectivity index (χ4v) is 5.67. The molecule has 1 fully saturated rings. The maximum atomic E-state index is 7.26. The Morgan fingerprint density at radius 1 is 0.643 bits per heavy atom. The molecule has 9 heteroatoms. The van der Waals surface area contributed by atoms with E-state index in [4.69, 9.17) is 6.57 Å². The monoisotopic (exact) mass is 568 g/mol. The van der Waals surface area contributed by atoms with Gasteiger partial charge in [-0.25, -0.2) is 4.85 Å². The van der Waals surface area contributed by atoms with Crippen LogP contribution in [0.25, 0.3) is 15.6 Å². The lowest BCUT2D eigenvalue weighted by atomic mass is 10.1. The number of rotatable bonds is 7. The summed E-state index contributed by atoms with van der Waals surface area (Å²) in [6.07, 6.45) is 3.82. The smallest absolute Gasteiger partial charge is 0.192 e. The molecule has 0 saturated carbocycles. The molecule has 0 bridgehead atoms. The first-order valence-electron chi connectivity index (χ1n) is 13.9. The second-order valence-electron chi connectivity index (χ2n) is 10.0. The highest BCUT2D eigenvalue weighted by Crippen LogP contribution is 2.38. The van der Waals surface area contributed by atoms with E-state index in [1.54, 1.807) is 17.4 Å². The lowest BCUT2D eigenvalue weighted by Gasteiger charge is -2.26. The maximum absolute atomic E-state index is 7.26. The summed E-state index contributed by atoms with van der Waals surface area (Å²) < 4.78 is 0. The summed E-state index contributed by atoms with van der Waals surface area (Å²) in [5.74, 6) is 0. The Labute approximate surface area is 248 Å². The summed E-state index contributed by atoms with van der Waals surface area (Å²) in [4.78, 5) is 5.96. The largest absolute Gasteiger partial charge is 0.363 e. The van der Waals surface area contributed by atoms with Crippen molar-refractivity contribution >= 4 is 66.2 Å². The van der Waals surface area contributed by atoms with E-state index in [1.165, 1.54) is 24.3 Å². The molecular weight excluding hydrogens is 540 g/mol. The van der Waals surface area contributed by atoms with Crippen molar-refractivity contribution in [1.29, 1.82) is 0 Å². The number of benzene rings is 4. The van der Waals surface area contributed by atoms with Crippen LogP contribution >= 0.6 is 11.3 Å². The number of aryl methyl sites for hydroxylation is 1. The number of hydrogen-bond donors (Lipinski definition) is 0. The lowest BCUT2D eigenvalue weighted by Crippen LogP contribution is -2.28. The molecule has 2 heterocycles. The number of hydrogen-bond acceptors (Lipinski definition) is 8. The molecule has 4 aromatic carbocycles. The Balaban J connectivity index is 1.16. The van der Waals surface area contributed by atoms with Crippen molar-refractivity contribution in [3.63, 3.8) is 0 Å². The number of azo groups is 3. The SMILES string of the molecule is [C-]#[N+]c1cc(N=Nc2ccc(N=Nc3ccc(N=Nc4ccc(N5CCCCC5)s4)c4ccccc34)cc2)ccc1C. The van der Waals surface area contributed by atoms with Gasteiger partial charge in [-0.05, 0) is 92.4 Å². The molecule has 0 aliphatic carbocycles.